The second-order valence-electron chi connectivity index (χ2n) is 10.1. The Balaban J connectivity index is 1.11. The van der Waals surface area contributed by atoms with E-state index in [1.54, 1.807) is 0 Å². The second-order valence-corrected chi connectivity index (χ2v) is 10.5. The molecule has 2 fully saturated rings. The fourth-order valence-corrected chi connectivity index (χ4v) is 5.62. The van der Waals surface area contributed by atoms with Crippen LogP contribution in [0, 0.1) is 0 Å². The minimum Gasteiger partial charge on any atom is -0.390 e. The minimum absolute atomic E-state index is 0.0336. The molecule has 0 bridgehead atoms. The van der Waals surface area contributed by atoms with Crippen LogP contribution in [0.15, 0.2) is 66.7 Å². The highest BCUT2D eigenvalue weighted by atomic mass is 35.5. The van der Waals surface area contributed by atoms with Gasteiger partial charge in [-0.05, 0) is 79.3 Å². The van der Waals surface area contributed by atoms with Gasteiger partial charge in [-0.2, -0.15) is 0 Å². The van der Waals surface area contributed by atoms with Gasteiger partial charge < -0.3 is 10.4 Å². The van der Waals surface area contributed by atoms with Gasteiger partial charge >= 0.3 is 0 Å². The number of amides is 1. The molecule has 0 spiro atoms. The van der Waals surface area contributed by atoms with Crippen molar-refractivity contribution in [3.63, 3.8) is 0 Å². The number of fused-ring (bicyclic) bond motifs is 1. The summed E-state index contributed by atoms with van der Waals surface area (Å²) >= 11 is 6.04. The van der Waals surface area contributed by atoms with Gasteiger partial charge in [-0.25, -0.2) is 0 Å². The zero-order valence-corrected chi connectivity index (χ0v) is 20.5. The van der Waals surface area contributed by atoms with E-state index in [4.69, 9.17) is 11.6 Å². The van der Waals surface area contributed by atoms with E-state index >= 15 is 0 Å². The summed E-state index contributed by atoms with van der Waals surface area (Å²) in [6.45, 7) is 4.15. The maximum absolute atomic E-state index is 12.7. The van der Waals surface area contributed by atoms with Crippen LogP contribution in [0.2, 0.25) is 5.02 Å². The number of halogens is 1. The van der Waals surface area contributed by atoms with Crippen molar-refractivity contribution in [2.45, 2.75) is 62.6 Å². The number of hydrogen-bond acceptors (Lipinski definition) is 3. The largest absolute Gasteiger partial charge is 0.390 e. The Labute approximate surface area is 206 Å². The first kappa shape index (κ1) is 23.3. The van der Waals surface area contributed by atoms with E-state index in [9.17, 15) is 9.90 Å². The van der Waals surface area contributed by atoms with E-state index in [0.717, 1.165) is 41.7 Å². The van der Waals surface area contributed by atoms with Crippen LogP contribution in [-0.2, 0) is 0 Å². The molecular weight excluding hydrogens is 444 g/mol. The van der Waals surface area contributed by atoms with Crippen LogP contribution in [0.4, 0.5) is 0 Å². The highest BCUT2D eigenvalue weighted by Gasteiger charge is 2.46. The first-order valence-electron chi connectivity index (χ1n) is 12.5. The molecule has 2 N–H and O–H groups in total. The van der Waals surface area contributed by atoms with Gasteiger partial charge in [0.2, 0.25) is 0 Å². The predicted octanol–water partition coefficient (Wildman–Crippen LogP) is 5.77. The Morgan fingerprint density at radius 3 is 2.53 bits per heavy atom. The standard InChI is InChI=1S/C29H33ClN2O2/c1-2-14-32(27-17-26(27)21-9-11-24(30)12-10-21)15-13-29(34)18-25(19-29)31-28(33)23-8-7-20-5-3-4-6-22(20)16-23/h3-12,16,25-27,34H,2,13-15,17-19H2,1H3,(H,31,33). The van der Waals surface area contributed by atoms with Crippen molar-refractivity contribution < 1.29 is 9.90 Å². The first-order chi connectivity index (χ1) is 16.4. The van der Waals surface area contributed by atoms with Gasteiger partial charge in [0, 0.05) is 35.1 Å². The molecular formula is C29H33ClN2O2. The molecule has 5 heteroatoms. The molecule has 0 radical (unpaired) electrons. The van der Waals surface area contributed by atoms with Crippen LogP contribution < -0.4 is 5.32 Å². The monoisotopic (exact) mass is 476 g/mol. The molecule has 3 aromatic rings. The average Bonchev–Trinajstić information content (AvgIpc) is 3.61. The van der Waals surface area contributed by atoms with Crippen LogP contribution >= 0.6 is 11.6 Å². The molecule has 0 aromatic heterocycles. The molecule has 5 rings (SSSR count). The molecule has 178 valence electrons. The number of aliphatic hydroxyl groups is 1. The average molecular weight is 477 g/mol. The molecule has 34 heavy (non-hydrogen) atoms. The smallest absolute Gasteiger partial charge is 0.251 e. The van der Waals surface area contributed by atoms with Crippen molar-refractivity contribution in [3.05, 3.63) is 82.9 Å². The lowest BCUT2D eigenvalue weighted by Gasteiger charge is -2.45. The molecule has 0 aliphatic heterocycles. The second kappa shape index (κ2) is 9.69. The number of rotatable bonds is 9. The Hall–Kier alpha value is -2.40. The van der Waals surface area contributed by atoms with Crippen LogP contribution in [0.5, 0.6) is 0 Å². The van der Waals surface area contributed by atoms with E-state index < -0.39 is 5.60 Å². The zero-order chi connectivity index (χ0) is 23.7. The van der Waals surface area contributed by atoms with E-state index in [1.165, 1.54) is 12.0 Å². The van der Waals surface area contributed by atoms with Gasteiger partial charge in [0.15, 0.2) is 0 Å². The lowest BCUT2D eigenvalue weighted by atomic mass is 9.73. The van der Waals surface area contributed by atoms with Crippen molar-refractivity contribution in [3.8, 4) is 0 Å². The molecule has 2 atom stereocenters. The molecule has 2 unspecified atom stereocenters. The number of hydrogen-bond donors (Lipinski definition) is 2. The maximum Gasteiger partial charge on any atom is 0.251 e. The van der Waals surface area contributed by atoms with Crippen LogP contribution in [0.25, 0.3) is 10.8 Å². The third-order valence-electron chi connectivity index (χ3n) is 7.50. The van der Waals surface area contributed by atoms with E-state index in [2.05, 4.69) is 29.3 Å². The summed E-state index contributed by atoms with van der Waals surface area (Å²) in [5.41, 5.74) is 1.34. The highest BCUT2D eigenvalue weighted by Crippen LogP contribution is 2.46. The summed E-state index contributed by atoms with van der Waals surface area (Å²) < 4.78 is 0. The number of benzene rings is 3. The SMILES string of the molecule is CCCN(CCC1(O)CC(NC(=O)c2ccc3ccccc3c2)C1)C1CC1c1ccc(Cl)cc1. The topological polar surface area (TPSA) is 52.6 Å². The fourth-order valence-electron chi connectivity index (χ4n) is 5.50. The van der Waals surface area contributed by atoms with Crippen molar-refractivity contribution in [1.82, 2.24) is 10.2 Å². The Kier molecular flexibility index (Phi) is 6.65. The fraction of sp³-hybridized carbons (Fsp3) is 0.414. The molecule has 1 amide bonds. The maximum atomic E-state index is 12.7. The Morgan fingerprint density at radius 1 is 1.06 bits per heavy atom. The summed E-state index contributed by atoms with van der Waals surface area (Å²) in [6, 6.07) is 22.6. The van der Waals surface area contributed by atoms with Crippen molar-refractivity contribution in [2.24, 2.45) is 0 Å². The van der Waals surface area contributed by atoms with E-state index in [-0.39, 0.29) is 11.9 Å². The van der Waals surface area contributed by atoms with Gasteiger partial charge in [-0.3, -0.25) is 9.69 Å². The molecule has 2 aliphatic rings. The summed E-state index contributed by atoms with van der Waals surface area (Å²) in [5, 5.41) is 17.1. The van der Waals surface area contributed by atoms with Gasteiger partial charge in [0.05, 0.1) is 5.60 Å². The zero-order valence-electron chi connectivity index (χ0n) is 19.7. The summed E-state index contributed by atoms with van der Waals surface area (Å²) in [6.07, 6.45) is 4.27. The Bertz CT molecular complexity index is 1160. The lowest BCUT2D eigenvalue weighted by Crippen LogP contribution is -2.56. The number of nitrogens with one attached hydrogen (secondary N) is 1. The Morgan fingerprint density at radius 2 is 1.79 bits per heavy atom. The van der Waals surface area contributed by atoms with Crippen LogP contribution in [0.1, 0.15) is 60.9 Å². The van der Waals surface area contributed by atoms with E-state index in [0.29, 0.717) is 30.4 Å². The van der Waals surface area contributed by atoms with Gasteiger partial charge in [-0.15, -0.1) is 0 Å². The molecule has 4 nitrogen and oxygen atoms in total. The van der Waals surface area contributed by atoms with E-state index in [1.807, 2.05) is 54.6 Å². The molecule has 2 saturated carbocycles. The predicted molar refractivity (Wildman–Crippen MR) is 138 cm³/mol. The first-order valence-corrected chi connectivity index (χ1v) is 12.8. The van der Waals surface area contributed by atoms with Crippen molar-refractivity contribution in [2.75, 3.05) is 13.1 Å². The summed E-state index contributed by atoms with van der Waals surface area (Å²) in [4.78, 5) is 15.3. The number of carbonyl (C=O) groups excluding carboxylic acids is 1. The number of nitrogens with zero attached hydrogens (tertiary/aromatic N) is 1. The van der Waals surface area contributed by atoms with Crippen LogP contribution in [-0.4, -0.2) is 46.7 Å². The van der Waals surface area contributed by atoms with Gasteiger partial charge in [0.25, 0.3) is 5.91 Å². The normalized spacial score (nSPS) is 25.8. The molecule has 3 aromatic carbocycles. The van der Waals surface area contributed by atoms with Gasteiger partial charge in [-0.1, -0.05) is 61.0 Å². The molecule has 0 heterocycles. The van der Waals surface area contributed by atoms with Crippen molar-refractivity contribution in [1.29, 1.82) is 0 Å². The molecule has 0 saturated heterocycles. The van der Waals surface area contributed by atoms with Crippen LogP contribution in [0.3, 0.4) is 0 Å². The lowest BCUT2D eigenvalue weighted by molar-refractivity contribution is -0.0654. The summed E-state index contributed by atoms with van der Waals surface area (Å²) in [7, 11) is 0. The quantitative estimate of drug-likeness (QED) is 0.412. The van der Waals surface area contributed by atoms with Gasteiger partial charge in [0.1, 0.15) is 0 Å². The third-order valence-corrected chi connectivity index (χ3v) is 7.75. The highest BCUT2D eigenvalue weighted by molar-refractivity contribution is 6.30. The third kappa shape index (κ3) is 5.14. The number of carbonyl (C=O) groups is 1. The molecule has 2 aliphatic carbocycles. The summed E-state index contributed by atoms with van der Waals surface area (Å²) in [5.74, 6) is 0.503. The minimum atomic E-state index is -0.683. The van der Waals surface area contributed by atoms with Crippen molar-refractivity contribution >= 4 is 28.3 Å².